The van der Waals surface area contributed by atoms with Crippen molar-refractivity contribution in [2.75, 3.05) is 27.4 Å². The van der Waals surface area contributed by atoms with Crippen LogP contribution in [0.3, 0.4) is 0 Å². The number of fused-ring (bicyclic) bond motifs is 1. The van der Waals surface area contributed by atoms with Crippen LogP contribution in [0, 0.1) is 12.8 Å². The fourth-order valence-electron chi connectivity index (χ4n) is 4.77. The number of methoxy groups -OCH3 is 2. The highest BCUT2D eigenvalue weighted by atomic mass is 16.5. The van der Waals surface area contributed by atoms with Crippen LogP contribution >= 0.6 is 0 Å². The third-order valence-corrected chi connectivity index (χ3v) is 6.73. The van der Waals surface area contributed by atoms with Crippen molar-refractivity contribution in [3.8, 4) is 5.75 Å². The third kappa shape index (κ3) is 3.59. The zero-order valence-electron chi connectivity index (χ0n) is 16.7. The van der Waals surface area contributed by atoms with E-state index in [2.05, 4.69) is 0 Å². The van der Waals surface area contributed by atoms with Crippen LogP contribution in [0.2, 0.25) is 0 Å². The quantitative estimate of drug-likeness (QED) is 0.765. The molecule has 1 heterocycles. The number of carbonyl (C=O) groups excluding carboxylic acids is 1. The molecule has 0 N–H and O–H groups in total. The second kappa shape index (κ2) is 7.44. The maximum atomic E-state index is 13.4. The van der Waals surface area contributed by atoms with Crippen LogP contribution in [0.4, 0.5) is 0 Å². The fourth-order valence-corrected chi connectivity index (χ4v) is 4.77. The molecule has 2 aliphatic carbocycles. The third-order valence-electron chi connectivity index (χ3n) is 6.73. The van der Waals surface area contributed by atoms with Gasteiger partial charge in [0.25, 0.3) is 5.91 Å². The van der Waals surface area contributed by atoms with Crippen molar-refractivity contribution in [1.29, 1.82) is 0 Å². The lowest BCUT2D eigenvalue weighted by Gasteiger charge is -2.43. The van der Waals surface area contributed by atoms with Crippen LogP contribution in [0.1, 0.15) is 54.4 Å². The van der Waals surface area contributed by atoms with Gasteiger partial charge in [-0.1, -0.05) is 0 Å². The number of likely N-dealkylation sites (tertiary alicyclic amines) is 1. The topological polar surface area (TPSA) is 48.0 Å². The Morgan fingerprint density at radius 3 is 2.70 bits per heavy atom. The normalized spacial score (nSPS) is 30.3. The Morgan fingerprint density at radius 1 is 1.22 bits per heavy atom. The Kier molecular flexibility index (Phi) is 5.17. The molecule has 5 heteroatoms. The van der Waals surface area contributed by atoms with E-state index < -0.39 is 0 Å². The minimum atomic E-state index is -0.213. The van der Waals surface area contributed by atoms with Gasteiger partial charge in [0.05, 0.1) is 24.9 Å². The number of rotatable bonds is 6. The van der Waals surface area contributed by atoms with Crippen molar-refractivity contribution >= 4 is 5.91 Å². The SMILES string of the molecule is COc1ccc(C(=O)N2CC[C@]3(OC)CC[C@H](OCC4CC4)C[C@H]23)c(C)c1. The van der Waals surface area contributed by atoms with E-state index >= 15 is 0 Å². The van der Waals surface area contributed by atoms with Gasteiger partial charge in [-0.2, -0.15) is 0 Å². The van der Waals surface area contributed by atoms with E-state index in [1.807, 2.05) is 30.0 Å². The number of aryl methyl sites for hydroxylation is 1. The zero-order chi connectivity index (χ0) is 19.0. The molecule has 3 aliphatic rings. The maximum Gasteiger partial charge on any atom is 0.254 e. The Hall–Kier alpha value is -1.59. The summed E-state index contributed by atoms with van der Waals surface area (Å²) in [6.07, 6.45) is 6.63. The lowest BCUT2D eigenvalue weighted by molar-refractivity contribution is -0.0977. The molecule has 1 aromatic rings. The molecule has 27 heavy (non-hydrogen) atoms. The number of ether oxygens (including phenoxy) is 3. The van der Waals surface area contributed by atoms with E-state index in [9.17, 15) is 4.79 Å². The molecule has 3 atom stereocenters. The summed E-state index contributed by atoms with van der Waals surface area (Å²) in [4.78, 5) is 15.4. The molecule has 3 fully saturated rings. The van der Waals surface area contributed by atoms with Gasteiger partial charge < -0.3 is 19.1 Å². The van der Waals surface area contributed by atoms with Gasteiger partial charge in [0.1, 0.15) is 5.75 Å². The zero-order valence-corrected chi connectivity index (χ0v) is 16.7. The standard InChI is InChI=1S/C22H31NO4/c1-15-12-17(25-2)6-7-19(15)21(24)23-11-10-22(26-3)9-8-18(13-20(22)23)27-14-16-4-5-16/h6-7,12,16,18,20H,4-5,8-11,13-14H2,1-3H3/t18-,20-,22+/m0/s1. The van der Waals surface area contributed by atoms with Gasteiger partial charge in [0.2, 0.25) is 0 Å². The van der Waals surface area contributed by atoms with E-state index in [1.165, 1.54) is 12.8 Å². The number of benzene rings is 1. The lowest BCUT2D eigenvalue weighted by atomic mass is 9.79. The van der Waals surface area contributed by atoms with Gasteiger partial charge in [-0.15, -0.1) is 0 Å². The highest BCUT2D eigenvalue weighted by Crippen LogP contribution is 2.44. The lowest BCUT2D eigenvalue weighted by Crippen LogP contribution is -2.53. The Labute approximate surface area is 162 Å². The summed E-state index contributed by atoms with van der Waals surface area (Å²) >= 11 is 0. The van der Waals surface area contributed by atoms with Gasteiger partial charge in [0.15, 0.2) is 0 Å². The highest BCUT2D eigenvalue weighted by molar-refractivity contribution is 5.96. The molecular weight excluding hydrogens is 342 g/mol. The molecule has 4 rings (SSSR count). The highest BCUT2D eigenvalue weighted by Gasteiger charge is 2.53. The summed E-state index contributed by atoms with van der Waals surface area (Å²) in [5.41, 5.74) is 1.49. The first-order valence-electron chi connectivity index (χ1n) is 10.2. The molecule has 0 aromatic heterocycles. The predicted molar refractivity (Wildman–Crippen MR) is 103 cm³/mol. The molecule has 0 radical (unpaired) electrons. The second-order valence-electron chi connectivity index (χ2n) is 8.39. The maximum absolute atomic E-state index is 13.4. The largest absolute Gasteiger partial charge is 0.497 e. The number of carbonyl (C=O) groups is 1. The number of nitrogens with zero attached hydrogens (tertiary/aromatic N) is 1. The number of amides is 1. The van der Waals surface area contributed by atoms with Crippen LogP contribution in [0.25, 0.3) is 0 Å². The van der Waals surface area contributed by atoms with E-state index in [0.29, 0.717) is 0 Å². The smallest absolute Gasteiger partial charge is 0.254 e. The van der Waals surface area contributed by atoms with E-state index in [1.54, 1.807) is 14.2 Å². The van der Waals surface area contributed by atoms with E-state index in [0.717, 1.165) is 61.6 Å². The van der Waals surface area contributed by atoms with Gasteiger partial charge in [-0.05, 0) is 75.1 Å². The average Bonchev–Trinajstić information content (AvgIpc) is 3.44. The van der Waals surface area contributed by atoms with Gasteiger partial charge in [-0.25, -0.2) is 0 Å². The molecule has 0 unspecified atom stereocenters. The molecule has 2 saturated carbocycles. The number of hydrogen-bond donors (Lipinski definition) is 0. The summed E-state index contributed by atoms with van der Waals surface area (Å²) in [7, 11) is 3.44. The van der Waals surface area contributed by atoms with Crippen molar-refractivity contribution < 1.29 is 19.0 Å². The molecule has 148 valence electrons. The summed E-state index contributed by atoms with van der Waals surface area (Å²) < 4.78 is 17.5. The molecule has 5 nitrogen and oxygen atoms in total. The van der Waals surface area contributed by atoms with Crippen LogP contribution in [0.5, 0.6) is 5.75 Å². The van der Waals surface area contributed by atoms with Crippen molar-refractivity contribution in [3.05, 3.63) is 29.3 Å². The summed E-state index contributed by atoms with van der Waals surface area (Å²) in [6, 6.07) is 5.76. The van der Waals surface area contributed by atoms with Gasteiger partial charge in [0, 0.05) is 25.8 Å². The monoisotopic (exact) mass is 373 g/mol. The van der Waals surface area contributed by atoms with Crippen LogP contribution in [-0.4, -0.2) is 55.9 Å². The van der Waals surface area contributed by atoms with Gasteiger partial charge >= 0.3 is 0 Å². The van der Waals surface area contributed by atoms with Gasteiger partial charge in [-0.3, -0.25) is 4.79 Å². The number of hydrogen-bond acceptors (Lipinski definition) is 4. The minimum absolute atomic E-state index is 0.0921. The minimum Gasteiger partial charge on any atom is -0.497 e. The van der Waals surface area contributed by atoms with Crippen molar-refractivity contribution in [1.82, 2.24) is 4.90 Å². The first-order chi connectivity index (χ1) is 13.1. The molecule has 1 amide bonds. The van der Waals surface area contributed by atoms with Crippen LogP contribution in [-0.2, 0) is 9.47 Å². The average molecular weight is 373 g/mol. The summed E-state index contributed by atoms with van der Waals surface area (Å²) in [6.45, 7) is 3.60. The Balaban J connectivity index is 1.52. The van der Waals surface area contributed by atoms with Crippen LogP contribution in [0.15, 0.2) is 18.2 Å². The fraction of sp³-hybridized carbons (Fsp3) is 0.682. The van der Waals surface area contributed by atoms with Crippen molar-refractivity contribution in [2.45, 2.75) is 63.2 Å². The van der Waals surface area contributed by atoms with Crippen LogP contribution < -0.4 is 4.74 Å². The summed E-state index contributed by atoms with van der Waals surface area (Å²) in [5.74, 6) is 1.65. The molecule has 1 aliphatic heterocycles. The van der Waals surface area contributed by atoms with E-state index in [4.69, 9.17) is 14.2 Å². The van der Waals surface area contributed by atoms with E-state index in [-0.39, 0.29) is 23.7 Å². The first-order valence-corrected chi connectivity index (χ1v) is 10.2. The molecular formula is C22H31NO4. The molecule has 1 saturated heterocycles. The molecule has 0 spiro atoms. The predicted octanol–water partition coefficient (Wildman–Crippen LogP) is 3.58. The Morgan fingerprint density at radius 2 is 2.04 bits per heavy atom. The van der Waals surface area contributed by atoms with Crippen molar-refractivity contribution in [2.24, 2.45) is 5.92 Å². The molecule has 0 bridgehead atoms. The second-order valence-corrected chi connectivity index (χ2v) is 8.39. The first kappa shape index (κ1) is 18.8. The molecule has 1 aromatic carbocycles. The Bertz CT molecular complexity index is 702. The van der Waals surface area contributed by atoms with Crippen molar-refractivity contribution in [3.63, 3.8) is 0 Å². The summed E-state index contributed by atoms with van der Waals surface area (Å²) in [5, 5.41) is 0.